The van der Waals surface area contributed by atoms with Crippen LogP contribution in [0.5, 0.6) is 5.75 Å². The van der Waals surface area contributed by atoms with Crippen LogP contribution in [0.15, 0.2) is 36.4 Å². The summed E-state index contributed by atoms with van der Waals surface area (Å²) in [5, 5.41) is 13.0. The minimum atomic E-state index is -3.98. The molecule has 0 unspecified atom stereocenters. The molecule has 1 amide bonds. The average Bonchev–Trinajstić information content (AvgIpc) is 3.33. The van der Waals surface area contributed by atoms with E-state index in [0.29, 0.717) is 70.3 Å². The number of esters is 1. The molecule has 2 aromatic carbocycles. The Balaban J connectivity index is 1.10. The third-order valence-corrected chi connectivity index (χ3v) is 17.0. The summed E-state index contributed by atoms with van der Waals surface area (Å²) in [5.74, 6) is -0.0831. The first-order valence-corrected chi connectivity index (χ1v) is 23.5. The van der Waals surface area contributed by atoms with Gasteiger partial charge in [0.05, 0.1) is 36.7 Å². The number of benzene rings is 2. The minimum Gasteiger partial charge on any atom is -0.490 e. The van der Waals surface area contributed by atoms with Crippen molar-refractivity contribution in [1.82, 2.24) is 19.4 Å². The summed E-state index contributed by atoms with van der Waals surface area (Å²) < 4.78 is 41.3. The van der Waals surface area contributed by atoms with E-state index >= 15 is 0 Å². The molecule has 8 rings (SSSR count). The summed E-state index contributed by atoms with van der Waals surface area (Å²) in [7, 11) is -2.55. The first kappa shape index (κ1) is 41.8. The van der Waals surface area contributed by atoms with Crippen LogP contribution >= 0.6 is 11.6 Å². The lowest BCUT2D eigenvalue weighted by atomic mass is 9.62. The van der Waals surface area contributed by atoms with Gasteiger partial charge in [-0.25, -0.2) is 13.1 Å². The second-order valence-corrected chi connectivity index (χ2v) is 20.9. The molecule has 2 aliphatic carbocycles. The molecule has 2 N–H and O–H groups in total. The van der Waals surface area contributed by atoms with E-state index in [1.807, 2.05) is 25.1 Å². The topological polar surface area (TPSA) is 132 Å². The van der Waals surface area contributed by atoms with Crippen molar-refractivity contribution in [3.8, 4) is 5.75 Å². The number of fused-ring (bicyclic) bond motifs is 5. The van der Waals surface area contributed by atoms with Crippen molar-refractivity contribution < 1.29 is 32.6 Å². The number of ether oxygens (including phenoxy) is 2. The summed E-state index contributed by atoms with van der Waals surface area (Å²) in [6, 6.07) is 11.8. The summed E-state index contributed by atoms with van der Waals surface area (Å²) >= 11 is 6.51. The number of carbonyl (C=O) groups excluding carboxylic acids is 2. The molecule has 6 aliphatic rings. The van der Waals surface area contributed by atoms with Crippen molar-refractivity contribution in [2.24, 2.45) is 17.8 Å². The van der Waals surface area contributed by atoms with Gasteiger partial charge in [0.1, 0.15) is 5.75 Å². The normalized spacial score (nSPS) is 33.4. The Hall–Kier alpha value is -2.94. The molecule has 4 aliphatic heterocycles. The lowest BCUT2D eigenvalue weighted by Gasteiger charge is -2.53. The number of rotatable bonds is 5. The van der Waals surface area contributed by atoms with Gasteiger partial charge in [-0.1, -0.05) is 31.0 Å². The fraction of sp³-hybridized carbons (Fsp3) is 0.682. The van der Waals surface area contributed by atoms with Crippen molar-refractivity contribution in [2.45, 2.75) is 93.9 Å². The summed E-state index contributed by atoms with van der Waals surface area (Å²) in [4.78, 5) is 35.4. The predicted octanol–water partition coefficient (Wildman–Crippen LogP) is 4.70. The molecule has 0 aromatic heterocycles. The number of nitrogens with zero attached hydrogens (tertiary/aromatic N) is 4. The number of anilines is 1. The Morgan fingerprint density at radius 1 is 1.00 bits per heavy atom. The second-order valence-electron chi connectivity index (χ2n) is 18.4. The molecular formula is C44H62ClN5O7S. The van der Waals surface area contributed by atoms with Gasteiger partial charge in [0, 0.05) is 87.5 Å². The number of hydrogen-bond donors (Lipinski definition) is 2. The maximum absolute atomic E-state index is 13.7. The van der Waals surface area contributed by atoms with Crippen molar-refractivity contribution in [3.63, 3.8) is 0 Å². The third kappa shape index (κ3) is 8.50. The number of aryl methyl sites for hydroxylation is 1. The van der Waals surface area contributed by atoms with Gasteiger partial charge in [0.15, 0.2) is 0 Å². The van der Waals surface area contributed by atoms with E-state index in [1.54, 1.807) is 13.0 Å². The molecule has 1 saturated carbocycles. The van der Waals surface area contributed by atoms with Gasteiger partial charge in [-0.2, -0.15) is 0 Å². The van der Waals surface area contributed by atoms with Crippen LogP contribution in [-0.2, 0) is 31.4 Å². The van der Waals surface area contributed by atoms with E-state index in [0.717, 1.165) is 82.1 Å². The molecule has 2 saturated heterocycles. The van der Waals surface area contributed by atoms with Crippen LogP contribution in [0.4, 0.5) is 5.69 Å². The number of piperazine rings is 2. The first-order valence-electron chi connectivity index (χ1n) is 21.6. The second kappa shape index (κ2) is 16.8. The molecule has 3 fully saturated rings. The van der Waals surface area contributed by atoms with Crippen LogP contribution in [0.2, 0.25) is 5.02 Å². The van der Waals surface area contributed by atoms with Gasteiger partial charge in [0.25, 0.3) is 5.91 Å². The highest BCUT2D eigenvalue weighted by atomic mass is 35.5. The molecule has 318 valence electrons. The molecule has 58 heavy (non-hydrogen) atoms. The number of β-amino-alcohol motifs (C(OH)–C–C–N with tert-alkyl or cyclic N) is 1. The van der Waals surface area contributed by atoms with Crippen LogP contribution in [0, 0.1) is 17.8 Å². The number of halogens is 1. The molecule has 0 radical (unpaired) electrons. The lowest BCUT2D eigenvalue weighted by molar-refractivity contribution is -0.141. The lowest BCUT2D eigenvalue weighted by Crippen LogP contribution is -2.64. The Labute approximate surface area is 349 Å². The zero-order valence-electron chi connectivity index (χ0n) is 34.5. The van der Waals surface area contributed by atoms with Crippen LogP contribution in [0.1, 0.15) is 86.7 Å². The maximum Gasteiger partial charge on any atom is 0.306 e. The van der Waals surface area contributed by atoms with Gasteiger partial charge in [-0.15, -0.1) is 0 Å². The molecule has 12 nitrogen and oxygen atoms in total. The molecule has 2 bridgehead atoms. The summed E-state index contributed by atoms with van der Waals surface area (Å²) in [6.45, 7) is 12.2. The minimum absolute atomic E-state index is 0.0605. The number of methoxy groups -OCH3 is 1. The first-order chi connectivity index (χ1) is 27.8. The van der Waals surface area contributed by atoms with Crippen molar-refractivity contribution in [1.29, 1.82) is 0 Å². The molecule has 4 heterocycles. The Bertz CT molecular complexity index is 1970. The van der Waals surface area contributed by atoms with Gasteiger partial charge in [-0.3, -0.25) is 24.3 Å². The van der Waals surface area contributed by atoms with E-state index in [2.05, 4.69) is 36.5 Å². The van der Waals surface area contributed by atoms with Crippen LogP contribution in [0.25, 0.3) is 0 Å². The van der Waals surface area contributed by atoms with E-state index < -0.39 is 26.8 Å². The number of carbonyl (C=O) groups is 2. The van der Waals surface area contributed by atoms with Crippen LogP contribution in [0.3, 0.4) is 0 Å². The third-order valence-electron chi connectivity index (χ3n) is 14.9. The number of hydrogen-bond acceptors (Lipinski definition) is 11. The van der Waals surface area contributed by atoms with Crippen LogP contribution < -0.4 is 14.4 Å². The smallest absolute Gasteiger partial charge is 0.306 e. The van der Waals surface area contributed by atoms with Crippen molar-refractivity contribution in [3.05, 3.63) is 58.1 Å². The van der Waals surface area contributed by atoms with Crippen molar-refractivity contribution >= 4 is 39.2 Å². The zero-order chi connectivity index (χ0) is 40.8. The highest BCUT2D eigenvalue weighted by Gasteiger charge is 2.50. The standard InChI is InChI=1S/C44H62ClN5O7S/c1-30-6-4-16-44(53,28-48-19-21-49-20-18-47(25-36(49)26-48)17-14-41(51)56-3)38-11-8-34(38)24-50-27-43(15-5-7-32-22-35(45)10-12-37(32)43)29-57-40-13-9-33(23-39(40)50)42(52)46-58(54,55)31(30)2/h9-10,12-13,22-23,30-31,34,36,38,53H,4-8,11,14-21,24-29H2,1-3H3,(H,46,52)/t30-,31+,34-,36-,38+,43-,44-/m0/s1. The van der Waals surface area contributed by atoms with Gasteiger partial charge in [-0.05, 0) is 111 Å². The van der Waals surface area contributed by atoms with Crippen molar-refractivity contribution in [2.75, 3.05) is 84.1 Å². The monoisotopic (exact) mass is 839 g/mol. The quantitative estimate of drug-likeness (QED) is 0.407. The Morgan fingerprint density at radius 3 is 2.57 bits per heavy atom. The highest BCUT2D eigenvalue weighted by molar-refractivity contribution is 7.90. The SMILES string of the molecule is COC(=O)CCN1CCN2CCN(C[C@@]3(O)CCC[C@H](C)[C@@H](C)S(=O)(=O)NC(=O)c4ccc5c(c4)N(C[C@@H]4CC[C@H]43)C[C@@]3(CCCc4cc(Cl)ccc43)CO5)C[C@@H]2C1. The fourth-order valence-electron chi connectivity index (χ4n) is 11.1. The summed E-state index contributed by atoms with van der Waals surface area (Å²) in [6.07, 6.45) is 7.10. The van der Waals surface area contributed by atoms with Crippen LogP contribution in [-0.4, -0.2) is 136 Å². The Kier molecular flexibility index (Phi) is 12.1. The molecule has 1 spiro atoms. The fourth-order valence-corrected chi connectivity index (χ4v) is 12.6. The van der Waals surface area contributed by atoms with E-state index in [4.69, 9.17) is 21.1 Å². The molecule has 7 atom stereocenters. The molecular weight excluding hydrogens is 778 g/mol. The van der Waals surface area contributed by atoms with Gasteiger partial charge < -0.3 is 19.5 Å². The molecule has 14 heteroatoms. The number of amides is 1. The number of nitrogens with one attached hydrogen (secondary N) is 1. The van der Waals surface area contributed by atoms with Gasteiger partial charge in [0.2, 0.25) is 10.0 Å². The highest BCUT2D eigenvalue weighted by Crippen LogP contribution is 2.49. The molecule has 2 aromatic rings. The van der Waals surface area contributed by atoms with E-state index in [-0.39, 0.29) is 34.7 Å². The number of sulfonamides is 1. The largest absolute Gasteiger partial charge is 0.490 e. The maximum atomic E-state index is 13.7. The predicted molar refractivity (Wildman–Crippen MR) is 225 cm³/mol. The number of aliphatic hydroxyl groups is 1. The van der Waals surface area contributed by atoms with Gasteiger partial charge >= 0.3 is 5.97 Å². The summed E-state index contributed by atoms with van der Waals surface area (Å²) in [5.41, 5.74) is 2.29. The Morgan fingerprint density at radius 2 is 1.79 bits per heavy atom. The average molecular weight is 841 g/mol. The van der Waals surface area contributed by atoms with E-state index in [1.165, 1.54) is 18.2 Å². The zero-order valence-corrected chi connectivity index (χ0v) is 36.0. The van der Waals surface area contributed by atoms with E-state index in [9.17, 15) is 23.1 Å².